The molecule has 1 rings (SSSR count). The van der Waals surface area contributed by atoms with Gasteiger partial charge in [-0.3, -0.25) is 4.79 Å². The molecular weight excluding hydrogens is 186 g/mol. The average molecular weight is 211 g/mol. The van der Waals surface area contributed by atoms with Gasteiger partial charge < -0.3 is 4.90 Å². The van der Waals surface area contributed by atoms with Crippen LogP contribution in [0.2, 0.25) is 0 Å². The highest BCUT2D eigenvalue weighted by atomic mass is 16.1. The molecule has 0 saturated carbocycles. The summed E-state index contributed by atoms with van der Waals surface area (Å²) in [6.45, 7) is 13.6. The first-order valence-electron chi connectivity index (χ1n) is 5.96. The molecule has 0 aromatic carbocycles. The molecule has 0 aliphatic carbocycles. The number of nitrogens with zero attached hydrogens (tertiary/aromatic N) is 1. The lowest BCUT2D eigenvalue weighted by Crippen LogP contribution is -2.46. The monoisotopic (exact) mass is 211 g/mol. The Labute approximate surface area is 94.0 Å². The Hall–Kier alpha value is -0.370. The molecule has 2 nitrogen and oxygen atoms in total. The fourth-order valence-corrected chi connectivity index (χ4v) is 2.35. The van der Waals surface area contributed by atoms with E-state index in [4.69, 9.17) is 0 Å². The van der Waals surface area contributed by atoms with Gasteiger partial charge >= 0.3 is 0 Å². The van der Waals surface area contributed by atoms with Crippen molar-refractivity contribution >= 4 is 5.78 Å². The van der Waals surface area contributed by atoms with Crippen LogP contribution in [0, 0.1) is 10.8 Å². The molecule has 1 aliphatic heterocycles. The fraction of sp³-hybridized carbons (Fsp3) is 0.923. The van der Waals surface area contributed by atoms with Crippen molar-refractivity contribution in [3.8, 4) is 0 Å². The number of piperidine rings is 1. The third-order valence-corrected chi connectivity index (χ3v) is 3.55. The highest BCUT2D eigenvalue weighted by Gasteiger charge is 2.32. The second kappa shape index (κ2) is 4.25. The van der Waals surface area contributed by atoms with Gasteiger partial charge in [0.1, 0.15) is 5.78 Å². The summed E-state index contributed by atoms with van der Waals surface area (Å²) in [5, 5.41) is 0. The third-order valence-electron chi connectivity index (χ3n) is 3.55. The molecule has 0 atom stereocenters. The second-order valence-electron chi connectivity index (χ2n) is 6.42. The van der Waals surface area contributed by atoms with Gasteiger partial charge in [0.25, 0.3) is 0 Å². The maximum absolute atomic E-state index is 11.5. The highest BCUT2D eigenvalue weighted by Crippen LogP contribution is 2.30. The largest absolute Gasteiger partial charge is 0.302 e. The van der Waals surface area contributed by atoms with Crippen LogP contribution >= 0.6 is 0 Å². The first-order chi connectivity index (χ1) is 6.73. The van der Waals surface area contributed by atoms with Crippen LogP contribution in [0.25, 0.3) is 0 Å². The smallest absolute Gasteiger partial charge is 0.136 e. The van der Waals surface area contributed by atoms with Crippen LogP contribution < -0.4 is 0 Å². The maximum atomic E-state index is 11.5. The van der Waals surface area contributed by atoms with E-state index in [1.807, 2.05) is 0 Å². The topological polar surface area (TPSA) is 20.3 Å². The highest BCUT2D eigenvalue weighted by molar-refractivity contribution is 5.81. The summed E-state index contributed by atoms with van der Waals surface area (Å²) in [4.78, 5) is 13.9. The summed E-state index contributed by atoms with van der Waals surface area (Å²) in [5.41, 5.74) is 0.235. The molecule has 2 heteroatoms. The van der Waals surface area contributed by atoms with Gasteiger partial charge in [0.2, 0.25) is 0 Å². The van der Waals surface area contributed by atoms with Crippen molar-refractivity contribution in [1.29, 1.82) is 0 Å². The van der Waals surface area contributed by atoms with Gasteiger partial charge in [-0.25, -0.2) is 0 Å². The van der Waals surface area contributed by atoms with E-state index in [9.17, 15) is 4.79 Å². The normalized spacial score (nSPS) is 22.7. The number of Topliss-reactive ketones (excluding diaryl/α,β-unsaturated/α-hetero) is 1. The average Bonchev–Trinajstić information content (AvgIpc) is 2.00. The van der Waals surface area contributed by atoms with E-state index in [2.05, 4.69) is 32.6 Å². The van der Waals surface area contributed by atoms with Crippen molar-refractivity contribution in [1.82, 2.24) is 4.90 Å². The molecule has 0 bridgehead atoms. The molecule has 0 spiro atoms. The van der Waals surface area contributed by atoms with E-state index in [0.717, 1.165) is 19.6 Å². The van der Waals surface area contributed by atoms with Gasteiger partial charge in [-0.1, -0.05) is 27.7 Å². The summed E-state index contributed by atoms with van der Waals surface area (Å²) >= 11 is 0. The first kappa shape index (κ1) is 12.7. The van der Waals surface area contributed by atoms with Crippen LogP contribution in [-0.4, -0.2) is 30.3 Å². The van der Waals surface area contributed by atoms with Crippen molar-refractivity contribution < 1.29 is 4.79 Å². The van der Waals surface area contributed by atoms with Gasteiger partial charge in [0.05, 0.1) is 0 Å². The van der Waals surface area contributed by atoms with Crippen molar-refractivity contribution in [3.63, 3.8) is 0 Å². The van der Waals surface area contributed by atoms with Gasteiger partial charge in [-0.15, -0.1) is 0 Å². The van der Waals surface area contributed by atoms with Gasteiger partial charge in [-0.2, -0.15) is 0 Å². The fourth-order valence-electron chi connectivity index (χ4n) is 2.35. The van der Waals surface area contributed by atoms with Crippen LogP contribution in [0.3, 0.4) is 0 Å². The minimum absolute atomic E-state index is 0.187. The zero-order valence-electron chi connectivity index (χ0n) is 10.9. The Kier molecular flexibility index (Phi) is 3.59. The van der Waals surface area contributed by atoms with Crippen molar-refractivity contribution in [3.05, 3.63) is 0 Å². The number of ketones is 1. The summed E-state index contributed by atoms with van der Waals surface area (Å²) < 4.78 is 0. The molecule has 0 amide bonds. The molecule has 0 aromatic heterocycles. The van der Waals surface area contributed by atoms with Crippen molar-refractivity contribution in [2.24, 2.45) is 10.8 Å². The summed E-state index contributed by atoms with van der Waals surface area (Å²) in [6, 6.07) is 0. The second-order valence-corrected chi connectivity index (χ2v) is 6.42. The predicted molar refractivity (Wildman–Crippen MR) is 63.9 cm³/mol. The van der Waals surface area contributed by atoms with Crippen molar-refractivity contribution in [2.45, 2.75) is 47.5 Å². The lowest BCUT2D eigenvalue weighted by atomic mass is 9.82. The Morgan fingerprint density at radius 3 is 2.47 bits per heavy atom. The Morgan fingerprint density at radius 2 is 2.00 bits per heavy atom. The zero-order valence-corrected chi connectivity index (χ0v) is 10.9. The van der Waals surface area contributed by atoms with Crippen molar-refractivity contribution in [2.75, 3.05) is 19.6 Å². The van der Waals surface area contributed by atoms with Gasteiger partial charge in [0, 0.05) is 18.5 Å². The number of rotatable bonds is 3. The van der Waals surface area contributed by atoms with Crippen LogP contribution in [0.4, 0.5) is 0 Å². The van der Waals surface area contributed by atoms with E-state index in [-0.39, 0.29) is 5.41 Å². The molecule has 0 N–H and O–H groups in total. The van der Waals surface area contributed by atoms with Gasteiger partial charge in [-0.05, 0) is 31.7 Å². The van der Waals surface area contributed by atoms with Crippen LogP contribution in [0.5, 0.6) is 0 Å². The standard InChI is InChI=1S/C13H25NO/c1-11(15)13(4,5)10-14-8-6-7-12(2,3)9-14/h6-10H2,1-5H3. The molecule has 15 heavy (non-hydrogen) atoms. The molecule has 88 valence electrons. The number of carbonyl (C=O) groups is 1. The molecule has 1 heterocycles. The maximum Gasteiger partial charge on any atom is 0.136 e. The molecule has 0 unspecified atom stereocenters. The lowest BCUT2D eigenvalue weighted by molar-refractivity contribution is -0.126. The number of carbonyl (C=O) groups excluding carboxylic acids is 1. The first-order valence-corrected chi connectivity index (χ1v) is 5.96. The summed E-state index contributed by atoms with van der Waals surface area (Å²) in [7, 11) is 0. The molecule has 1 aliphatic rings. The summed E-state index contributed by atoms with van der Waals surface area (Å²) in [6.07, 6.45) is 2.57. The van der Waals surface area contributed by atoms with E-state index in [1.54, 1.807) is 6.92 Å². The predicted octanol–water partition coefficient (Wildman–Crippen LogP) is 2.72. The van der Waals surface area contributed by atoms with Crippen LogP contribution in [0.15, 0.2) is 0 Å². The number of hydrogen-bond acceptors (Lipinski definition) is 2. The number of hydrogen-bond donors (Lipinski definition) is 0. The Morgan fingerprint density at radius 1 is 1.40 bits per heavy atom. The molecular formula is C13H25NO. The van der Waals surface area contributed by atoms with Crippen LogP contribution in [0.1, 0.15) is 47.5 Å². The third kappa shape index (κ3) is 3.60. The van der Waals surface area contributed by atoms with E-state index < -0.39 is 0 Å². The lowest BCUT2D eigenvalue weighted by Gasteiger charge is -2.41. The minimum atomic E-state index is -0.187. The SMILES string of the molecule is CC(=O)C(C)(C)CN1CCCC(C)(C)C1. The van der Waals surface area contributed by atoms with Gasteiger partial charge in [0.15, 0.2) is 0 Å². The Bertz CT molecular complexity index is 243. The molecule has 0 aromatic rings. The Balaban J connectivity index is 2.55. The molecule has 1 saturated heterocycles. The van der Waals surface area contributed by atoms with E-state index in [0.29, 0.717) is 11.2 Å². The quantitative estimate of drug-likeness (QED) is 0.715. The van der Waals surface area contributed by atoms with E-state index in [1.165, 1.54) is 12.8 Å². The zero-order chi connectivity index (χ0) is 11.7. The molecule has 0 radical (unpaired) electrons. The number of likely N-dealkylation sites (tertiary alicyclic amines) is 1. The molecule has 1 fully saturated rings. The minimum Gasteiger partial charge on any atom is -0.302 e. The van der Waals surface area contributed by atoms with E-state index >= 15 is 0 Å². The summed E-state index contributed by atoms with van der Waals surface area (Å²) in [5.74, 6) is 0.297. The van der Waals surface area contributed by atoms with Crippen LogP contribution in [-0.2, 0) is 4.79 Å².